The van der Waals surface area contributed by atoms with Gasteiger partial charge in [-0.15, -0.1) is 0 Å². The number of hydrogen-bond donors (Lipinski definition) is 3. The van der Waals surface area contributed by atoms with Crippen molar-refractivity contribution in [3.63, 3.8) is 0 Å². The molecular weight excluding hydrogens is 620 g/mol. The van der Waals surface area contributed by atoms with Crippen molar-refractivity contribution in [1.82, 2.24) is 19.9 Å². The minimum atomic E-state index is -4.11. The molecule has 2 fully saturated rings. The number of carboxylic acid groups (broad SMARTS) is 1. The Kier molecular flexibility index (Phi) is 10.4. The van der Waals surface area contributed by atoms with Crippen LogP contribution in [0.1, 0.15) is 74.2 Å². The first-order valence-electron chi connectivity index (χ1n) is 16.0. The largest absolute Gasteiger partial charge is 0.478 e. The SMILES string of the molecule is CC(Cc1ccc(-c2ccccc2S(=O)(=O)NC(=O)CCC2CCCC2)cc1)C(=O)NC1(C(=O)O)CCCN1C(=O)c1ccncc1. The van der Waals surface area contributed by atoms with Crippen LogP contribution in [0, 0.1) is 11.8 Å². The zero-order chi connectivity index (χ0) is 33.6. The first-order valence-corrected chi connectivity index (χ1v) is 17.5. The number of aliphatic carboxylic acids is 1. The highest BCUT2D eigenvalue weighted by molar-refractivity contribution is 7.90. The molecular formula is C35H40N4O7S. The molecule has 2 aromatic carbocycles. The van der Waals surface area contributed by atoms with Crippen molar-refractivity contribution in [3.8, 4) is 11.1 Å². The quantitative estimate of drug-likeness (QED) is 0.255. The van der Waals surface area contributed by atoms with Crippen molar-refractivity contribution in [2.24, 2.45) is 11.8 Å². The van der Waals surface area contributed by atoms with Gasteiger partial charge in [0.05, 0.1) is 4.90 Å². The average molecular weight is 661 g/mol. The summed E-state index contributed by atoms with van der Waals surface area (Å²) in [5, 5.41) is 12.9. The summed E-state index contributed by atoms with van der Waals surface area (Å²) in [5.41, 5.74) is 0.246. The molecule has 3 amide bonds. The van der Waals surface area contributed by atoms with E-state index in [-0.39, 0.29) is 36.3 Å². The second-order valence-electron chi connectivity index (χ2n) is 12.5. The Morgan fingerprint density at radius 2 is 1.66 bits per heavy atom. The molecule has 47 heavy (non-hydrogen) atoms. The number of carbonyl (C=O) groups excluding carboxylic acids is 3. The van der Waals surface area contributed by atoms with Crippen LogP contribution >= 0.6 is 0 Å². The summed E-state index contributed by atoms with van der Waals surface area (Å²) in [5.74, 6) is -2.99. The number of carbonyl (C=O) groups is 4. The molecule has 248 valence electrons. The second kappa shape index (κ2) is 14.5. The monoisotopic (exact) mass is 660 g/mol. The topological polar surface area (TPSA) is 163 Å². The van der Waals surface area contributed by atoms with Gasteiger partial charge >= 0.3 is 5.97 Å². The Morgan fingerprint density at radius 3 is 2.34 bits per heavy atom. The third-order valence-corrected chi connectivity index (χ3v) is 10.6. The molecule has 2 unspecified atom stereocenters. The number of benzene rings is 2. The van der Waals surface area contributed by atoms with Gasteiger partial charge in [-0.1, -0.05) is 75.1 Å². The second-order valence-corrected chi connectivity index (χ2v) is 14.1. The number of amides is 3. The van der Waals surface area contributed by atoms with Gasteiger partial charge in [0, 0.05) is 48.8 Å². The maximum absolute atomic E-state index is 13.3. The summed E-state index contributed by atoms with van der Waals surface area (Å²) in [7, 11) is -4.11. The lowest BCUT2D eigenvalue weighted by molar-refractivity contribution is -0.154. The Morgan fingerprint density at radius 1 is 0.979 bits per heavy atom. The molecule has 1 aromatic heterocycles. The number of hydrogen-bond acceptors (Lipinski definition) is 7. The highest BCUT2D eigenvalue weighted by atomic mass is 32.2. The summed E-state index contributed by atoms with van der Waals surface area (Å²) in [6, 6.07) is 16.5. The summed E-state index contributed by atoms with van der Waals surface area (Å²) >= 11 is 0. The lowest BCUT2D eigenvalue weighted by Crippen LogP contribution is -2.64. The van der Waals surface area contributed by atoms with Gasteiger partial charge in [0.15, 0.2) is 0 Å². The predicted octanol–water partition coefficient (Wildman–Crippen LogP) is 4.54. The molecule has 2 aliphatic rings. The van der Waals surface area contributed by atoms with Crippen LogP contribution in [0.3, 0.4) is 0 Å². The van der Waals surface area contributed by atoms with Crippen LogP contribution in [0.2, 0.25) is 0 Å². The fourth-order valence-electron chi connectivity index (χ4n) is 6.57. The molecule has 2 atom stereocenters. The van der Waals surface area contributed by atoms with E-state index in [0.29, 0.717) is 29.9 Å². The minimum Gasteiger partial charge on any atom is -0.478 e. The van der Waals surface area contributed by atoms with E-state index in [1.54, 1.807) is 49.4 Å². The van der Waals surface area contributed by atoms with Crippen molar-refractivity contribution in [2.45, 2.75) is 75.3 Å². The van der Waals surface area contributed by atoms with Gasteiger partial charge in [-0.25, -0.2) is 17.9 Å². The molecule has 1 aliphatic carbocycles. The number of rotatable bonds is 12. The Hall–Kier alpha value is -4.58. The number of carboxylic acids is 1. The van der Waals surface area contributed by atoms with Gasteiger partial charge in [-0.3, -0.25) is 19.4 Å². The van der Waals surface area contributed by atoms with Crippen LogP contribution in [-0.2, 0) is 30.8 Å². The van der Waals surface area contributed by atoms with E-state index < -0.39 is 45.3 Å². The zero-order valence-electron chi connectivity index (χ0n) is 26.4. The van der Waals surface area contributed by atoms with Crippen molar-refractivity contribution in [1.29, 1.82) is 0 Å². The maximum atomic E-state index is 13.3. The van der Waals surface area contributed by atoms with Crippen molar-refractivity contribution < 1.29 is 32.7 Å². The highest BCUT2D eigenvalue weighted by Gasteiger charge is 2.51. The third-order valence-electron chi connectivity index (χ3n) is 9.17. The first kappa shape index (κ1) is 33.8. The van der Waals surface area contributed by atoms with E-state index in [0.717, 1.165) is 31.2 Å². The smallest absolute Gasteiger partial charge is 0.350 e. The van der Waals surface area contributed by atoms with Crippen LogP contribution in [0.4, 0.5) is 0 Å². The first-order chi connectivity index (χ1) is 22.5. The molecule has 1 saturated carbocycles. The molecule has 12 heteroatoms. The molecule has 0 bridgehead atoms. The molecule has 1 saturated heterocycles. The lowest BCUT2D eigenvalue weighted by atomic mass is 9.96. The molecule has 11 nitrogen and oxygen atoms in total. The third kappa shape index (κ3) is 7.70. The van der Waals surface area contributed by atoms with Gasteiger partial charge in [0.1, 0.15) is 0 Å². The average Bonchev–Trinajstić information content (AvgIpc) is 3.75. The molecule has 0 radical (unpaired) electrons. The Bertz CT molecular complexity index is 1720. The van der Waals surface area contributed by atoms with E-state index >= 15 is 0 Å². The van der Waals surface area contributed by atoms with Crippen molar-refractivity contribution >= 4 is 33.7 Å². The Balaban J connectivity index is 1.25. The normalized spacial score (nSPS) is 18.9. The summed E-state index contributed by atoms with van der Waals surface area (Å²) in [6.45, 7) is 1.87. The highest BCUT2D eigenvalue weighted by Crippen LogP contribution is 2.32. The number of likely N-dealkylation sites (tertiary alicyclic amines) is 1. The fourth-order valence-corrected chi connectivity index (χ4v) is 7.82. The summed E-state index contributed by atoms with van der Waals surface area (Å²) < 4.78 is 28.7. The van der Waals surface area contributed by atoms with Gasteiger partial charge in [0.25, 0.3) is 15.9 Å². The molecule has 3 aromatic rings. The number of nitrogens with zero attached hydrogens (tertiary/aromatic N) is 2. The van der Waals surface area contributed by atoms with Crippen LogP contribution in [0.5, 0.6) is 0 Å². The van der Waals surface area contributed by atoms with Gasteiger partial charge in [-0.2, -0.15) is 0 Å². The van der Waals surface area contributed by atoms with E-state index in [2.05, 4.69) is 15.0 Å². The Labute approximate surface area is 274 Å². The van der Waals surface area contributed by atoms with Crippen LogP contribution in [0.15, 0.2) is 78.0 Å². The number of aromatic nitrogens is 1. The molecule has 1 aliphatic heterocycles. The molecule has 5 rings (SSSR count). The van der Waals surface area contributed by atoms with E-state index in [1.807, 2.05) is 0 Å². The van der Waals surface area contributed by atoms with Crippen molar-refractivity contribution in [2.75, 3.05) is 6.54 Å². The molecule has 3 N–H and O–H groups in total. The predicted molar refractivity (Wildman–Crippen MR) is 174 cm³/mol. The number of pyridine rings is 1. The summed E-state index contributed by atoms with van der Waals surface area (Å²) in [4.78, 5) is 56.7. The van der Waals surface area contributed by atoms with E-state index in [9.17, 15) is 32.7 Å². The van der Waals surface area contributed by atoms with Gasteiger partial charge < -0.3 is 15.3 Å². The molecule has 2 heterocycles. The lowest BCUT2D eigenvalue weighted by Gasteiger charge is -2.36. The summed E-state index contributed by atoms with van der Waals surface area (Å²) in [6.07, 6.45) is 8.99. The van der Waals surface area contributed by atoms with E-state index in [4.69, 9.17) is 0 Å². The van der Waals surface area contributed by atoms with Crippen LogP contribution < -0.4 is 10.0 Å². The van der Waals surface area contributed by atoms with Gasteiger partial charge in [-0.05, 0) is 54.5 Å². The minimum absolute atomic E-state index is 0.00360. The van der Waals surface area contributed by atoms with Crippen molar-refractivity contribution in [3.05, 3.63) is 84.2 Å². The van der Waals surface area contributed by atoms with E-state index in [1.165, 1.54) is 35.5 Å². The molecule has 0 spiro atoms. The number of nitrogens with one attached hydrogen (secondary N) is 2. The number of sulfonamides is 1. The van der Waals surface area contributed by atoms with Gasteiger partial charge in [0.2, 0.25) is 17.5 Å². The van der Waals surface area contributed by atoms with Crippen LogP contribution in [0.25, 0.3) is 11.1 Å². The maximum Gasteiger partial charge on any atom is 0.350 e. The van der Waals surface area contributed by atoms with Crippen LogP contribution in [-0.4, -0.2) is 59.3 Å². The standard InChI is InChI=1S/C35H40N4O7S/c1-24(32(41)37-35(34(43)44)19-6-22-39(35)33(42)28-17-20-36-21-18-28)23-26-11-14-27(15-12-26)29-9-4-5-10-30(29)47(45,46)38-31(40)16-13-25-7-2-3-8-25/h4-5,9-12,14-15,17-18,20-21,24-25H,2-3,6-8,13,16,19,22-23H2,1H3,(H,37,41)(H,38,40)(H,43,44). The zero-order valence-corrected chi connectivity index (χ0v) is 27.2. The fraction of sp³-hybridized carbons (Fsp3) is 0.400.